The van der Waals surface area contributed by atoms with Crippen LogP contribution in [0.15, 0.2) is 18.2 Å². The number of hydrogen-bond donors (Lipinski definition) is 1. The molecule has 0 spiro atoms. The van der Waals surface area contributed by atoms with Crippen molar-refractivity contribution in [2.75, 3.05) is 18.0 Å². The summed E-state index contributed by atoms with van der Waals surface area (Å²) in [5.74, 6) is 0.666. The molecular formula is C16H25FN2. The minimum atomic E-state index is -0.172. The van der Waals surface area contributed by atoms with Gasteiger partial charge in [-0.1, -0.05) is 25.8 Å². The standard InChI is InChI=1S/C16H25FN2/c1-2-5-13-6-4-10-19(11-9-13)16-8-3-7-15(17)14(16)12-18/h3,7-8,13H,2,4-6,9-12,18H2,1H3. The van der Waals surface area contributed by atoms with Gasteiger partial charge >= 0.3 is 0 Å². The SMILES string of the molecule is CCCC1CCCN(c2cccc(F)c2CN)CC1. The number of benzene rings is 1. The van der Waals surface area contributed by atoms with Crippen molar-refractivity contribution in [3.8, 4) is 0 Å². The van der Waals surface area contributed by atoms with Crippen molar-refractivity contribution in [2.24, 2.45) is 11.7 Å². The van der Waals surface area contributed by atoms with Crippen molar-refractivity contribution in [3.05, 3.63) is 29.6 Å². The highest BCUT2D eigenvalue weighted by Gasteiger charge is 2.19. The van der Waals surface area contributed by atoms with E-state index >= 15 is 0 Å². The summed E-state index contributed by atoms with van der Waals surface area (Å²) in [6.07, 6.45) is 6.30. The van der Waals surface area contributed by atoms with E-state index in [1.54, 1.807) is 6.07 Å². The third-order valence-corrected chi connectivity index (χ3v) is 4.18. The Morgan fingerprint density at radius 3 is 2.89 bits per heavy atom. The lowest BCUT2D eigenvalue weighted by Crippen LogP contribution is -2.26. The lowest BCUT2D eigenvalue weighted by molar-refractivity contribution is 0.435. The van der Waals surface area contributed by atoms with Crippen LogP contribution in [-0.2, 0) is 6.54 Å². The van der Waals surface area contributed by atoms with Crippen LogP contribution in [0.3, 0.4) is 0 Å². The molecule has 1 aromatic carbocycles. The molecule has 0 bridgehead atoms. The molecule has 106 valence electrons. The second kappa shape index (κ2) is 6.90. The molecule has 3 heteroatoms. The summed E-state index contributed by atoms with van der Waals surface area (Å²) in [7, 11) is 0. The molecule has 0 amide bonds. The Morgan fingerprint density at radius 1 is 1.32 bits per heavy atom. The van der Waals surface area contributed by atoms with Crippen molar-refractivity contribution < 1.29 is 4.39 Å². The first-order valence-electron chi connectivity index (χ1n) is 7.48. The van der Waals surface area contributed by atoms with Crippen LogP contribution in [0.2, 0.25) is 0 Å². The Bertz CT molecular complexity index is 406. The first kappa shape index (κ1) is 14.3. The van der Waals surface area contributed by atoms with Gasteiger partial charge in [0, 0.05) is 30.9 Å². The molecule has 0 aliphatic carbocycles. The van der Waals surface area contributed by atoms with Gasteiger partial charge in [0.25, 0.3) is 0 Å². The fraction of sp³-hybridized carbons (Fsp3) is 0.625. The van der Waals surface area contributed by atoms with Crippen molar-refractivity contribution in [3.63, 3.8) is 0 Å². The van der Waals surface area contributed by atoms with Gasteiger partial charge in [0.2, 0.25) is 0 Å². The summed E-state index contributed by atoms with van der Waals surface area (Å²) in [5.41, 5.74) is 7.37. The molecule has 1 aliphatic rings. The van der Waals surface area contributed by atoms with Crippen molar-refractivity contribution in [1.29, 1.82) is 0 Å². The van der Waals surface area contributed by atoms with E-state index in [0.717, 1.165) is 24.7 Å². The van der Waals surface area contributed by atoms with Gasteiger partial charge in [0.1, 0.15) is 5.82 Å². The Morgan fingerprint density at radius 2 is 2.16 bits per heavy atom. The van der Waals surface area contributed by atoms with Gasteiger partial charge in [0.15, 0.2) is 0 Å². The van der Waals surface area contributed by atoms with E-state index in [9.17, 15) is 4.39 Å². The molecule has 0 saturated carbocycles. The Kier molecular flexibility index (Phi) is 5.20. The van der Waals surface area contributed by atoms with E-state index in [2.05, 4.69) is 11.8 Å². The van der Waals surface area contributed by atoms with Gasteiger partial charge in [-0.15, -0.1) is 0 Å². The van der Waals surface area contributed by atoms with E-state index in [4.69, 9.17) is 5.73 Å². The average Bonchev–Trinajstić information content (AvgIpc) is 2.64. The van der Waals surface area contributed by atoms with E-state index in [0.29, 0.717) is 5.56 Å². The molecule has 1 saturated heterocycles. The highest BCUT2D eigenvalue weighted by molar-refractivity contribution is 5.54. The lowest BCUT2D eigenvalue weighted by Gasteiger charge is -2.25. The number of nitrogens with two attached hydrogens (primary N) is 1. The van der Waals surface area contributed by atoms with Crippen LogP contribution < -0.4 is 10.6 Å². The zero-order valence-corrected chi connectivity index (χ0v) is 11.9. The molecule has 0 radical (unpaired) electrons. The Labute approximate surface area is 115 Å². The number of rotatable bonds is 4. The summed E-state index contributed by atoms with van der Waals surface area (Å²) in [6.45, 7) is 4.58. The topological polar surface area (TPSA) is 29.3 Å². The van der Waals surface area contributed by atoms with E-state index in [-0.39, 0.29) is 12.4 Å². The number of nitrogens with zero attached hydrogens (tertiary/aromatic N) is 1. The fourth-order valence-electron chi connectivity index (χ4n) is 3.15. The van der Waals surface area contributed by atoms with Gasteiger partial charge in [-0.05, 0) is 37.3 Å². The van der Waals surface area contributed by atoms with Gasteiger partial charge in [-0.2, -0.15) is 0 Å². The minimum Gasteiger partial charge on any atom is -0.371 e. The van der Waals surface area contributed by atoms with Crippen LogP contribution in [0.1, 0.15) is 44.6 Å². The molecule has 2 rings (SSSR count). The molecule has 19 heavy (non-hydrogen) atoms. The van der Waals surface area contributed by atoms with Gasteiger partial charge in [-0.25, -0.2) is 4.39 Å². The number of hydrogen-bond acceptors (Lipinski definition) is 2. The molecule has 2 nitrogen and oxygen atoms in total. The van der Waals surface area contributed by atoms with Crippen LogP contribution >= 0.6 is 0 Å². The molecular weight excluding hydrogens is 239 g/mol. The molecule has 1 aliphatic heterocycles. The molecule has 1 fully saturated rings. The predicted molar refractivity (Wildman–Crippen MR) is 78.8 cm³/mol. The summed E-state index contributed by atoms with van der Waals surface area (Å²) >= 11 is 0. The Hall–Kier alpha value is -1.09. The second-order valence-electron chi connectivity index (χ2n) is 5.51. The minimum absolute atomic E-state index is 0.172. The molecule has 1 aromatic rings. The summed E-state index contributed by atoms with van der Waals surface area (Å²) in [5, 5.41) is 0. The van der Waals surface area contributed by atoms with E-state index in [1.807, 2.05) is 6.07 Å². The van der Waals surface area contributed by atoms with Crippen LogP contribution in [0.4, 0.5) is 10.1 Å². The van der Waals surface area contributed by atoms with Gasteiger partial charge in [-0.3, -0.25) is 0 Å². The van der Waals surface area contributed by atoms with Crippen molar-refractivity contribution in [1.82, 2.24) is 0 Å². The van der Waals surface area contributed by atoms with Crippen LogP contribution in [0, 0.1) is 11.7 Å². The van der Waals surface area contributed by atoms with Crippen molar-refractivity contribution >= 4 is 5.69 Å². The van der Waals surface area contributed by atoms with Gasteiger partial charge in [0.05, 0.1) is 0 Å². The zero-order chi connectivity index (χ0) is 13.7. The highest BCUT2D eigenvalue weighted by atomic mass is 19.1. The lowest BCUT2D eigenvalue weighted by atomic mass is 9.96. The smallest absolute Gasteiger partial charge is 0.129 e. The molecule has 1 atom stereocenters. The highest BCUT2D eigenvalue weighted by Crippen LogP contribution is 2.28. The summed E-state index contributed by atoms with van der Waals surface area (Å²) in [4.78, 5) is 2.32. The van der Waals surface area contributed by atoms with Crippen LogP contribution in [-0.4, -0.2) is 13.1 Å². The number of halogens is 1. The maximum Gasteiger partial charge on any atom is 0.129 e. The van der Waals surface area contributed by atoms with E-state index < -0.39 is 0 Å². The Balaban J connectivity index is 2.12. The van der Waals surface area contributed by atoms with Crippen LogP contribution in [0.25, 0.3) is 0 Å². The first-order chi connectivity index (χ1) is 9.26. The first-order valence-corrected chi connectivity index (χ1v) is 7.48. The monoisotopic (exact) mass is 264 g/mol. The molecule has 0 aromatic heterocycles. The molecule has 2 N–H and O–H groups in total. The second-order valence-corrected chi connectivity index (χ2v) is 5.51. The molecule has 1 unspecified atom stereocenters. The van der Waals surface area contributed by atoms with Crippen LogP contribution in [0.5, 0.6) is 0 Å². The predicted octanol–water partition coefficient (Wildman–Crippen LogP) is 3.69. The third-order valence-electron chi connectivity index (χ3n) is 4.18. The third kappa shape index (κ3) is 3.47. The number of anilines is 1. The largest absolute Gasteiger partial charge is 0.371 e. The quantitative estimate of drug-likeness (QED) is 0.898. The van der Waals surface area contributed by atoms with Gasteiger partial charge < -0.3 is 10.6 Å². The molecule has 1 heterocycles. The van der Waals surface area contributed by atoms with E-state index in [1.165, 1.54) is 38.2 Å². The summed E-state index contributed by atoms with van der Waals surface area (Å²) < 4.78 is 13.8. The fourth-order valence-corrected chi connectivity index (χ4v) is 3.15. The maximum atomic E-state index is 13.8. The van der Waals surface area contributed by atoms with Crippen molar-refractivity contribution in [2.45, 2.75) is 45.6 Å². The maximum absolute atomic E-state index is 13.8. The normalized spacial score (nSPS) is 20.4. The zero-order valence-electron chi connectivity index (χ0n) is 11.9. The summed E-state index contributed by atoms with van der Waals surface area (Å²) in [6, 6.07) is 5.30. The average molecular weight is 264 g/mol.